The van der Waals surface area contributed by atoms with Crippen LogP contribution in [0.3, 0.4) is 0 Å². The Morgan fingerprint density at radius 2 is 1.62 bits per heavy atom. The average molecular weight is 439 g/mol. The van der Waals surface area contributed by atoms with Crippen LogP contribution in [0.2, 0.25) is 0 Å². The number of pyridine rings is 2. The molecule has 34 heavy (non-hydrogen) atoms. The molecule has 162 valence electrons. The Kier molecular flexibility index (Phi) is 4.70. The third-order valence-electron chi connectivity index (χ3n) is 6.27. The first kappa shape index (κ1) is 19.9. The lowest BCUT2D eigenvalue weighted by molar-refractivity contribution is 1.08. The predicted octanol–water partition coefficient (Wildman–Crippen LogP) is 7.41. The van der Waals surface area contributed by atoms with Crippen molar-refractivity contribution in [2.45, 2.75) is 0 Å². The molecule has 0 bridgehead atoms. The third kappa shape index (κ3) is 3.00. The molecule has 0 N–H and O–H groups in total. The number of hydrogen-bond donors (Lipinski definition) is 0. The van der Waals surface area contributed by atoms with E-state index in [-0.39, 0.29) is 0 Å². The Labute approximate surface area is 197 Å². The molecular weight excluding hydrogens is 416 g/mol. The molecule has 4 heteroatoms. The number of nitrogens with zero attached hydrogens (tertiary/aromatic N) is 4. The maximum atomic E-state index is 4.89. The van der Waals surface area contributed by atoms with Crippen LogP contribution in [0.15, 0.2) is 123 Å². The summed E-state index contributed by atoms with van der Waals surface area (Å²) in [6, 6.07) is 23.2. The minimum absolute atomic E-state index is 0.884. The molecule has 0 atom stereocenters. The van der Waals surface area contributed by atoms with Crippen molar-refractivity contribution in [1.29, 1.82) is 0 Å². The molecule has 2 aromatic carbocycles. The third-order valence-corrected chi connectivity index (χ3v) is 6.27. The van der Waals surface area contributed by atoms with Crippen molar-refractivity contribution in [3.05, 3.63) is 123 Å². The predicted molar refractivity (Wildman–Crippen MR) is 142 cm³/mol. The van der Waals surface area contributed by atoms with Gasteiger partial charge in [-0.2, -0.15) is 0 Å². The summed E-state index contributed by atoms with van der Waals surface area (Å²) in [6.07, 6.45) is 13.2. The van der Waals surface area contributed by atoms with E-state index in [1.54, 1.807) is 18.5 Å². The lowest BCUT2D eigenvalue weighted by Crippen LogP contribution is -1.98. The maximum absolute atomic E-state index is 4.89. The fourth-order valence-corrected chi connectivity index (χ4v) is 4.74. The monoisotopic (exact) mass is 438 g/mol. The van der Waals surface area contributed by atoms with Crippen LogP contribution < -0.4 is 0 Å². The van der Waals surface area contributed by atoms with Gasteiger partial charge in [-0.05, 0) is 60.2 Å². The largest absolute Gasteiger partial charge is 0.317 e. The molecule has 0 saturated carbocycles. The van der Waals surface area contributed by atoms with Gasteiger partial charge in [0.25, 0.3) is 0 Å². The number of allylic oxidation sites excluding steroid dienone is 4. The summed E-state index contributed by atoms with van der Waals surface area (Å²) < 4.78 is 4.41. The molecule has 6 aromatic rings. The van der Waals surface area contributed by atoms with Crippen molar-refractivity contribution >= 4 is 38.4 Å². The van der Waals surface area contributed by atoms with E-state index in [1.807, 2.05) is 30.5 Å². The standard InChI is InChI=1S/C30H22N4/c1-3-7-23(4-2)33-19-16-26-27(33)12-11-25-24-8-5-6-9-28(24)34(30(25)26)29-13-10-22(20-32-29)21-14-17-31-18-15-21/h3-20H,1-2H2. The maximum Gasteiger partial charge on any atom is 0.137 e. The van der Waals surface area contributed by atoms with Gasteiger partial charge in [0, 0.05) is 52.2 Å². The Bertz CT molecular complexity index is 1720. The molecule has 0 spiro atoms. The molecule has 0 aliphatic carbocycles. The van der Waals surface area contributed by atoms with Gasteiger partial charge in [0.2, 0.25) is 0 Å². The van der Waals surface area contributed by atoms with Crippen LogP contribution in [0.5, 0.6) is 0 Å². The van der Waals surface area contributed by atoms with Gasteiger partial charge < -0.3 is 4.57 Å². The van der Waals surface area contributed by atoms with Gasteiger partial charge in [0.1, 0.15) is 5.82 Å². The van der Waals surface area contributed by atoms with E-state index in [4.69, 9.17) is 4.98 Å². The zero-order valence-electron chi connectivity index (χ0n) is 18.6. The van der Waals surface area contributed by atoms with Gasteiger partial charge in [-0.3, -0.25) is 9.55 Å². The zero-order chi connectivity index (χ0) is 23.1. The highest BCUT2D eigenvalue weighted by atomic mass is 15.1. The van der Waals surface area contributed by atoms with E-state index >= 15 is 0 Å². The van der Waals surface area contributed by atoms with Crippen molar-refractivity contribution < 1.29 is 0 Å². The molecule has 4 heterocycles. The number of benzene rings is 2. The molecule has 0 amide bonds. The first-order valence-electron chi connectivity index (χ1n) is 11.2. The smallest absolute Gasteiger partial charge is 0.137 e. The highest BCUT2D eigenvalue weighted by Gasteiger charge is 2.17. The van der Waals surface area contributed by atoms with E-state index in [1.165, 1.54) is 10.8 Å². The lowest BCUT2D eigenvalue weighted by Gasteiger charge is -2.10. The molecular formula is C30H22N4. The summed E-state index contributed by atoms with van der Waals surface area (Å²) in [5.41, 5.74) is 6.52. The summed E-state index contributed by atoms with van der Waals surface area (Å²) in [4.78, 5) is 9.00. The SMILES string of the molecule is C=CC=C(C=C)n1ccc2c1ccc1c3ccccc3n(-c3ccc(-c4ccncc4)cn3)c12. The Balaban J connectivity index is 1.64. The lowest BCUT2D eigenvalue weighted by atomic mass is 10.1. The molecule has 4 nitrogen and oxygen atoms in total. The highest BCUT2D eigenvalue weighted by Crippen LogP contribution is 2.37. The first-order chi connectivity index (χ1) is 16.8. The van der Waals surface area contributed by atoms with Crippen molar-refractivity contribution in [1.82, 2.24) is 19.1 Å². The van der Waals surface area contributed by atoms with Gasteiger partial charge >= 0.3 is 0 Å². The summed E-state index contributed by atoms with van der Waals surface area (Å²) in [7, 11) is 0. The molecule has 0 aliphatic rings. The number of rotatable bonds is 5. The number of aromatic nitrogens is 4. The summed E-state index contributed by atoms with van der Waals surface area (Å²) in [5.74, 6) is 0.884. The minimum atomic E-state index is 0.884. The highest BCUT2D eigenvalue weighted by molar-refractivity contribution is 6.18. The van der Waals surface area contributed by atoms with Gasteiger partial charge in [-0.15, -0.1) is 0 Å². The fourth-order valence-electron chi connectivity index (χ4n) is 4.74. The second-order valence-corrected chi connectivity index (χ2v) is 8.11. The number of hydrogen-bond acceptors (Lipinski definition) is 2. The van der Waals surface area contributed by atoms with E-state index in [0.717, 1.165) is 44.6 Å². The molecule has 0 saturated heterocycles. The van der Waals surface area contributed by atoms with E-state index < -0.39 is 0 Å². The number of para-hydroxylation sites is 1. The van der Waals surface area contributed by atoms with Crippen molar-refractivity contribution in [2.24, 2.45) is 0 Å². The fraction of sp³-hybridized carbons (Fsp3) is 0. The summed E-state index contributed by atoms with van der Waals surface area (Å²) in [5, 5.41) is 3.57. The Morgan fingerprint density at radius 3 is 2.38 bits per heavy atom. The first-order valence-corrected chi connectivity index (χ1v) is 11.2. The second kappa shape index (κ2) is 8.01. The van der Waals surface area contributed by atoms with E-state index in [9.17, 15) is 0 Å². The molecule has 0 unspecified atom stereocenters. The molecule has 4 aromatic heterocycles. The second-order valence-electron chi connectivity index (χ2n) is 8.11. The normalized spacial score (nSPS) is 11.9. The number of fused-ring (bicyclic) bond motifs is 5. The van der Waals surface area contributed by atoms with Crippen LogP contribution in [0.4, 0.5) is 0 Å². The average Bonchev–Trinajstić information content (AvgIpc) is 3.47. The van der Waals surface area contributed by atoms with Crippen LogP contribution in [0, 0.1) is 0 Å². The molecule has 0 radical (unpaired) electrons. The zero-order valence-corrected chi connectivity index (χ0v) is 18.6. The quantitative estimate of drug-likeness (QED) is 0.263. The van der Waals surface area contributed by atoms with Gasteiger partial charge in [0.15, 0.2) is 0 Å². The van der Waals surface area contributed by atoms with Crippen molar-refractivity contribution in [2.75, 3.05) is 0 Å². The van der Waals surface area contributed by atoms with Crippen LogP contribution >= 0.6 is 0 Å². The Hall–Kier alpha value is -4.70. The molecule has 6 rings (SSSR count). The van der Waals surface area contributed by atoms with Crippen LogP contribution in [-0.4, -0.2) is 19.1 Å². The topological polar surface area (TPSA) is 35.6 Å². The van der Waals surface area contributed by atoms with Crippen molar-refractivity contribution in [3.8, 4) is 16.9 Å². The van der Waals surface area contributed by atoms with Crippen LogP contribution in [-0.2, 0) is 0 Å². The molecule has 0 aliphatic heterocycles. The Morgan fingerprint density at radius 1 is 0.765 bits per heavy atom. The van der Waals surface area contributed by atoms with E-state index in [2.05, 4.69) is 88.1 Å². The van der Waals surface area contributed by atoms with Crippen molar-refractivity contribution in [3.63, 3.8) is 0 Å². The summed E-state index contributed by atoms with van der Waals surface area (Å²) >= 11 is 0. The summed E-state index contributed by atoms with van der Waals surface area (Å²) in [6.45, 7) is 7.83. The van der Waals surface area contributed by atoms with Gasteiger partial charge in [-0.25, -0.2) is 4.98 Å². The van der Waals surface area contributed by atoms with E-state index in [0.29, 0.717) is 0 Å². The van der Waals surface area contributed by atoms with Gasteiger partial charge in [-0.1, -0.05) is 43.5 Å². The molecule has 0 fully saturated rings. The van der Waals surface area contributed by atoms with Crippen LogP contribution in [0.25, 0.3) is 55.4 Å². The van der Waals surface area contributed by atoms with Gasteiger partial charge in [0.05, 0.1) is 16.6 Å². The van der Waals surface area contributed by atoms with Crippen LogP contribution in [0.1, 0.15) is 0 Å². The minimum Gasteiger partial charge on any atom is -0.317 e.